The smallest absolute Gasteiger partial charge is 0.271 e. The van der Waals surface area contributed by atoms with E-state index in [1.54, 1.807) is 42.3 Å². The molecule has 0 saturated carbocycles. The molecule has 9 nitrogen and oxygen atoms in total. The van der Waals surface area contributed by atoms with Crippen LogP contribution in [0.3, 0.4) is 0 Å². The molecule has 11 heteroatoms. The normalized spacial score (nSPS) is 11.4. The van der Waals surface area contributed by atoms with Crippen LogP contribution >= 0.6 is 11.6 Å². The summed E-state index contributed by atoms with van der Waals surface area (Å²) < 4.78 is 35.2. The molecule has 0 atom stereocenters. The van der Waals surface area contributed by atoms with Crippen molar-refractivity contribution in [2.45, 2.75) is 4.90 Å². The van der Waals surface area contributed by atoms with E-state index in [0.29, 0.717) is 17.0 Å². The molecule has 0 radical (unpaired) electrons. The number of methoxy groups -OCH3 is 1. The third-order valence-corrected chi connectivity index (χ3v) is 7.71. The standard InChI is InChI=1S/C30H24ClN5O4S/c1-40-25-16-14-21(15-17-25)29-23(20-36(34-29)24-9-3-2-4-10-24)19-32-33-30(37)22-8-7-11-26(18-22)41(38,39)35-28-13-6-5-12-27(28)31/h2-20,35H,1H3,(H,33,37)/b32-19-. The third-order valence-electron chi connectivity index (χ3n) is 6.02. The van der Waals surface area contributed by atoms with E-state index in [2.05, 4.69) is 15.2 Å². The summed E-state index contributed by atoms with van der Waals surface area (Å²) in [6.07, 6.45) is 3.29. The fraction of sp³-hybridized carbons (Fsp3) is 0.0333. The Kier molecular flexibility index (Phi) is 8.14. The van der Waals surface area contributed by atoms with Crippen LogP contribution in [0, 0.1) is 0 Å². The Morgan fingerprint density at radius 3 is 2.41 bits per heavy atom. The number of aromatic nitrogens is 2. The number of amides is 1. The molecule has 0 aliphatic carbocycles. The minimum atomic E-state index is -3.99. The highest BCUT2D eigenvalue weighted by Gasteiger charge is 2.18. The number of anilines is 1. The number of rotatable bonds is 9. The molecule has 5 aromatic rings. The van der Waals surface area contributed by atoms with Crippen molar-refractivity contribution in [2.24, 2.45) is 5.10 Å². The topological polar surface area (TPSA) is 115 Å². The molecule has 0 bridgehead atoms. The van der Waals surface area contributed by atoms with Gasteiger partial charge in [-0.3, -0.25) is 9.52 Å². The van der Waals surface area contributed by atoms with Crippen LogP contribution in [0.25, 0.3) is 16.9 Å². The summed E-state index contributed by atoms with van der Waals surface area (Å²) in [6, 6.07) is 29.1. The van der Waals surface area contributed by atoms with Gasteiger partial charge in [-0.2, -0.15) is 10.2 Å². The molecule has 0 aliphatic rings. The van der Waals surface area contributed by atoms with Crippen molar-refractivity contribution in [1.82, 2.24) is 15.2 Å². The molecule has 1 amide bonds. The second-order valence-corrected chi connectivity index (χ2v) is 10.8. The number of benzene rings is 4. The van der Waals surface area contributed by atoms with Crippen LogP contribution in [0.1, 0.15) is 15.9 Å². The van der Waals surface area contributed by atoms with E-state index in [1.165, 1.54) is 30.5 Å². The molecule has 4 aromatic carbocycles. The monoisotopic (exact) mass is 585 g/mol. The summed E-state index contributed by atoms with van der Waals surface area (Å²) in [5.74, 6) is 0.127. The lowest BCUT2D eigenvalue weighted by atomic mass is 10.1. The Morgan fingerprint density at radius 1 is 0.951 bits per heavy atom. The minimum absolute atomic E-state index is 0.0972. The molecule has 0 unspecified atom stereocenters. The van der Waals surface area contributed by atoms with Crippen molar-refractivity contribution in [1.29, 1.82) is 0 Å². The maximum absolute atomic E-state index is 12.9. The van der Waals surface area contributed by atoms with E-state index in [9.17, 15) is 13.2 Å². The van der Waals surface area contributed by atoms with E-state index in [1.807, 2.05) is 54.6 Å². The molecule has 5 rings (SSSR count). The lowest BCUT2D eigenvalue weighted by molar-refractivity contribution is 0.0955. The predicted molar refractivity (Wildman–Crippen MR) is 159 cm³/mol. The summed E-state index contributed by atoms with van der Waals surface area (Å²) in [6.45, 7) is 0. The lowest BCUT2D eigenvalue weighted by Gasteiger charge is -2.10. The van der Waals surface area contributed by atoms with Gasteiger partial charge >= 0.3 is 0 Å². The quantitative estimate of drug-likeness (QED) is 0.168. The number of para-hydroxylation sites is 2. The molecule has 1 aromatic heterocycles. The molecule has 0 spiro atoms. The van der Waals surface area contributed by atoms with Crippen LogP contribution in [-0.4, -0.2) is 37.4 Å². The molecule has 0 fully saturated rings. The van der Waals surface area contributed by atoms with Gasteiger partial charge in [0.15, 0.2) is 0 Å². The Bertz CT molecular complexity index is 1820. The van der Waals surface area contributed by atoms with Crippen molar-refractivity contribution < 1.29 is 17.9 Å². The predicted octanol–water partition coefficient (Wildman–Crippen LogP) is 5.77. The fourth-order valence-corrected chi connectivity index (χ4v) is 5.31. The van der Waals surface area contributed by atoms with E-state index < -0.39 is 15.9 Å². The van der Waals surface area contributed by atoms with E-state index in [4.69, 9.17) is 21.4 Å². The van der Waals surface area contributed by atoms with Gasteiger partial charge in [0, 0.05) is 22.9 Å². The molecule has 2 N–H and O–H groups in total. The number of hydrazone groups is 1. The zero-order chi connectivity index (χ0) is 28.8. The summed E-state index contributed by atoms with van der Waals surface area (Å²) in [5.41, 5.74) is 5.80. The maximum atomic E-state index is 12.9. The highest BCUT2D eigenvalue weighted by molar-refractivity contribution is 7.92. The van der Waals surface area contributed by atoms with Crippen LogP contribution in [0.2, 0.25) is 5.02 Å². The van der Waals surface area contributed by atoms with Crippen LogP contribution in [0.15, 0.2) is 119 Å². The molecular formula is C30H24ClN5O4S. The van der Waals surface area contributed by atoms with Gasteiger partial charge in [0.2, 0.25) is 0 Å². The van der Waals surface area contributed by atoms with Crippen LogP contribution < -0.4 is 14.9 Å². The highest BCUT2D eigenvalue weighted by Crippen LogP contribution is 2.26. The number of carbonyl (C=O) groups excluding carboxylic acids is 1. The van der Waals surface area contributed by atoms with E-state index in [-0.39, 0.29) is 21.2 Å². The average molecular weight is 586 g/mol. The van der Waals surface area contributed by atoms with Crippen molar-refractivity contribution >= 4 is 39.4 Å². The average Bonchev–Trinajstić information content (AvgIpc) is 3.43. The van der Waals surface area contributed by atoms with E-state index >= 15 is 0 Å². The second kappa shape index (κ2) is 12.1. The molecule has 206 valence electrons. The van der Waals surface area contributed by atoms with Gasteiger partial charge in [-0.1, -0.05) is 48.0 Å². The third kappa shape index (κ3) is 6.46. The number of nitrogens with one attached hydrogen (secondary N) is 2. The van der Waals surface area contributed by atoms with Crippen LogP contribution in [0.5, 0.6) is 5.75 Å². The molecule has 0 saturated heterocycles. The van der Waals surface area contributed by atoms with Gasteiger partial charge in [0.25, 0.3) is 15.9 Å². The zero-order valence-corrected chi connectivity index (χ0v) is 23.3. The number of carbonyl (C=O) groups is 1. The highest BCUT2D eigenvalue weighted by atomic mass is 35.5. The SMILES string of the molecule is COc1ccc(-c2nn(-c3ccccc3)cc2/C=N\NC(=O)c2cccc(S(=O)(=O)Nc3ccccc3Cl)c2)cc1. The molecule has 1 heterocycles. The number of halogens is 1. The van der Waals surface area contributed by atoms with E-state index in [0.717, 1.165) is 11.3 Å². The molecule has 41 heavy (non-hydrogen) atoms. The fourth-order valence-electron chi connectivity index (χ4n) is 3.95. The first kappa shape index (κ1) is 27.6. The number of sulfonamides is 1. The number of hydrogen-bond donors (Lipinski definition) is 2. The Balaban J connectivity index is 1.37. The van der Waals surface area contributed by atoms with Crippen molar-refractivity contribution in [3.8, 4) is 22.7 Å². The van der Waals surface area contributed by atoms with Crippen LogP contribution in [0.4, 0.5) is 5.69 Å². The Labute approximate surface area is 242 Å². The minimum Gasteiger partial charge on any atom is -0.497 e. The van der Waals surface area contributed by atoms with Crippen molar-refractivity contribution in [2.75, 3.05) is 11.8 Å². The largest absolute Gasteiger partial charge is 0.497 e. The summed E-state index contributed by atoms with van der Waals surface area (Å²) in [4.78, 5) is 12.8. The first-order valence-corrected chi connectivity index (χ1v) is 14.2. The van der Waals surface area contributed by atoms with Gasteiger partial charge in [0.1, 0.15) is 11.4 Å². The summed E-state index contributed by atoms with van der Waals surface area (Å²) in [5, 5.41) is 9.11. The first-order valence-electron chi connectivity index (χ1n) is 12.3. The van der Waals surface area contributed by atoms with Crippen LogP contribution in [-0.2, 0) is 10.0 Å². The molecule has 0 aliphatic heterocycles. The van der Waals surface area contributed by atoms with Gasteiger partial charge < -0.3 is 4.74 Å². The summed E-state index contributed by atoms with van der Waals surface area (Å²) in [7, 11) is -2.40. The Morgan fingerprint density at radius 2 is 1.68 bits per heavy atom. The van der Waals surface area contributed by atoms with Gasteiger partial charge in [-0.05, 0) is 66.7 Å². The van der Waals surface area contributed by atoms with Gasteiger partial charge in [0.05, 0.1) is 34.6 Å². The van der Waals surface area contributed by atoms with Gasteiger partial charge in [-0.15, -0.1) is 0 Å². The first-order chi connectivity index (χ1) is 19.8. The Hall–Kier alpha value is -4.93. The van der Waals surface area contributed by atoms with Gasteiger partial charge in [-0.25, -0.2) is 18.5 Å². The van der Waals surface area contributed by atoms with Crippen molar-refractivity contribution in [3.05, 3.63) is 125 Å². The number of ether oxygens (including phenoxy) is 1. The maximum Gasteiger partial charge on any atom is 0.271 e. The number of hydrogen-bond acceptors (Lipinski definition) is 6. The second-order valence-electron chi connectivity index (χ2n) is 8.75. The summed E-state index contributed by atoms with van der Waals surface area (Å²) >= 11 is 6.09. The lowest BCUT2D eigenvalue weighted by Crippen LogP contribution is -2.19. The van der Waals surface area contributed by atoms with Crippen molar-refractivity contribution in [3.63, 3.8) is 0 Å². The number of nitrogens with zero attached hydrogens (tertiary/aromatic N) is 3. The molecular weight excluding hydrogens is 562 g/mol. The zero-order valence-electron chi connectivity index (χ0n) is 21.7.